The third kappa shape index (κ3) is 2.86. The van der Waals surface area contributed by atoms with Crippen molar-refractivity contribution in [1.29, 1.82) is 5.26 Å². The molecule has 2 rings (SSSR count). The fraction of sp³-hybridized carbons (Fsp3) is 0. The quantitative estimate of drug-likeness (QED) is 0.826. The number of nitrogen functional groups attached to an aromatic ring is 1. The normalized spacial score (nSPS) is 9.65. The highest BCUT2D eigenvalue weighted by atomic mass is 35.5. The summed E-state index contributed by atoms with van der Waals surface area (Å²) >= 11 is 5.75. The number of ether oxygens (including phenoxy) is 1. The van der Waals surface area contributed by atoms with Gasteiger partial charge >= 0.3 is 0 Å². The number of anilines is 1. The van der Waals surface area contributed by atoms with Gasteiger partial charge in [-0.25, -0.2) is 4.98 Å². The van der Waals surface area contributed by atoms with Crippen LogP contribution in [0.1, 0.15) is 5.56 Å². The monoisotopic (exact) mass is 245 g/mol. The highest BCUT2D eigenvalue weighted by Gasteiger charge is 2.02. The Hall–Kier alpha value is -2.25. The van der Waals surface area contributed by atoms with Crippen LogP contribution >= 0.6 is 11.6 Å². The molecule has 0 aliphatic carbocycles. The molecule has 0 bridgehead atoms. The summed E-state index contributed by atoms with van der Waals surface area (Å²) in [4.78, 5) is 3.97. The van der Waals surface area contributed by atoms with Gasteiger partial charge in [-0.15, -0.1) is 0 Å². The van der Waals surface area contributed by atoms with Crippen molar-refractivity contribution in [2.24, 2.45) is 0 Å². The third-order valence-electron chi connectivity index (χ3n) is 2.00. The van der Waals surface area contributed by atoms with Gasteiger partial charge in [-0.05, 0) is 30.3 Å². The lowest BCUT2D eigenvalue weighted by Gasteiger charge is -2.05. The summed E-state index contributed by atoms with van der Waals surface area (Å²) in [6, 6.07) is 11.8. The van der Waals surface area contributed by atoms with Crippen molar-refractivity contribution in [2.45, 2.75) is 0 Å². The van der Waals surface area contributed by atoms with E-state index >= 15 is 0 Å². The van der Waals surface area contributed by atoms with Gasteiger partial charge in [0.25, 0.3) is 0 Å². The Morgan fingerprint density at radius 3 is 2.53 bits per heavy atom. The molecule has 0 saturated carbocycles. The van der Waals surface area contributed by atoms with Crippen molar-refractivity contribution in [2.75, 3.05) is 5.73 Å². The summed E-state index contributed by atoms with van der Waals surface area (Å²) in [5.41, 5.74) is 6.66. The number of nitrogens with zero attached hydrogens (tertiary/aromatic N) is 2. The number of rotatable bonds is 2. The van der Waals surface area contributed by atoms with Gasteiger partial charge in [0, 0.05) is 11.8 Å². The summed E-state index contributed by atoms with van der Waals surface area (Å²) in [6.45, 7) is 0. The predicted octanol–water partition coefficient (Wildman–Crippen LogP) is 2.98. The lowest BCUT2D eigenvalue weighted by atomic mass is 10.2. The van der Waals surface area contributed by atoms with E-state index in [1.165, 1.54) is 6.07 Å². The number of nitrogens with two attached hydrogens (primary N) is 1. The van der Waals surface area contributed by atoms with Gasteiger partial charge < -0.3 is 10.5 Å². The summed E-state index contributed by atoms with van der Waals surface area (Å²) < 4.78 is 5.45. The first-order valence-electron chi connectivity index (χ1n) is 4.78. The summed E-state index contributed by atoms with van der Waals surface area (Å²) in [6.07, 6.45) is 0. The van der Waals surface area contributed by atoms with Crippen molar-refractivity contribution in [3.63, 3.8) is 0 Å². The second-order valence-electron chi connectivity index (χ2n) is 3.30. The van der Waals surface area contributed by atoms with Crippen molar-refractivity contribution in [1.82, 2.24) is 4.98 Å². The minimum absolute atomic E-state index is 0.272. The van der Waals surface area contributed by atoms with Crippen molar-refractivity contribution in [3.8, 4) is 17.7 Å². The second kappa shape index (κ2) is 4.73. The Kier molecular flexibility index (Phi) is 3.12. The average molecular weight is 246 g/mol. The zero-order chi connectivity index (χ0) is 12.3. The molecule has 84 valence electrons. The highest BCUT2D eigenvalue weighted by Crippen LogP contribution is 2.23. The summed E-state index contributed by atoms with van der Waals surface area (Å²) in [5.74, 6) is 0.887. The first-order valence-corrected chi connectivity index (χ1v) is 5.16. The topological polar surface area (TPSA) is 71.9 Å². The van der Waals surface area contributed by atoms with E-state index in [1.807, 2.05) is 6.07 Å². The lowest BCUT2D eigenvalue weighted by molar-refractivity contribution is 0.463. The minimum atomic E-state index is 0.272. The number of halogens is 1. The smallest absolute Gasteiger partial charge is 0.222 e. The fourth-order valence-corrected chi connectivity index (χ4v) is 1.47. The third-order valence-corrected chi connectivity index (χ3v) is 2.19. The molecular weight excluding hydrogens is 238 g/mol. The number of benzene rings is 1. The van der Waals surface area contributed by atoms with Crippen molar-refractivity contribution in [3.05, 3.63) is 47.1 Å². The zero-order valence-corrected chi connectivity index (χ0v) is 9.48. The van der Waals surface area contributed by atoms with Crippen molar-refractivity contribution >= 4 is 17.3 Å². The average Bonchev–Trinajstić information content (AvgIpc) is 2.28. The van der Waals surface area contributed by atoms with Crippen molar-refractivity contribution < 1.29 is 4.74 Å². The van der Waals surface area contributed by atoms with Crippen LogP contribution in [-0.4, -0.2) is 4.98 Å². The largest absolute Gasteiger partial charge is 0.439 e. The van der Waals surface area contributed by atoms with Crippen LogP contribution in [0.3, 0.4) is 0 Å². The molecule has 1 aromatic heterocycles. The highest BCUT2D eigenvalue weighted by molar-refractivity contribution is 6.29. The minimum Gasteiger partial charge on any atom is -0.439 e. The molecule has 0 saturated heterocycles. The lowest BCUT2D eigenvalue weighted by Crippen LogP contribution is -1.92. The molecule has 0 atom stereocenters. The van der Waals surface area contributed by atoms with Gasteiger partial charge in [-0.2, -0.15) is 5.26 Å². The van der Waals surface area contributed by atoms with Crippen LogP contribution in [0, 0.1) is 11.3 Å². The maximum Gasteiger partial charge on any atom is 0.222 e. The van der Waals surface area contributed by atoms with Gasteiger partial charge in [-0.1, -0.05) is 11.6 Å². The van der Waals surface area contributed by atoms with Crippen LogP contribution in [0.4, 0.5) is 5.69 Å². The Balaban J connectivity index is 2.22. The molecule has 0 unspecified atom stereocenters. The van der Waals surface area contributed by atoms with E-state index in [-0.39, 0.29) is 5.15 Å². The molecule has 2 N–H and O–H groups in total. The van der Waals surface area contributed by atoms with Crippen LogP contribution in [-0.2, 0) is 0 Å². The van der Waals surface area contributed by atoms with Gasteiger partial charge in [0.05, 0.1) is 11.6 Å². The summed E-state index contributed by atoms with van der Waals surface area (Å²) in [5, 5.41) is 8.93. The van der Waals surface area contributed by atoms with E-state index in [1.54, 1.807) is 30.3 Å². The molecule has 0 fully saturated rings. The van der Waals surface area contributed by atoms with E-state index in [2.05, 4.69) is 4.98 Å². The molecule has 1 aromatic carbocycles. The number of pyridine rings is 1. The molecule has 17 heavy (non-hydrogen) atoms. The van der Waals surface area contributed by atoms with Crippen LogP contribution in [0.5, 0.6) is 11.6 Å². The van der Waals surface area contributed by atoms with Crippen LogP contribution in [0.15, 0.2) is 36.4 Å². The second-order valence-corrected chi connectivity index (χ2v) is 3.69. The van der Waals surface area contributed by atoms with E-state index in [0.717, 1.165) is 0 Å². The molecule has 0 radical (unpaired) electrons. The first-order chi connectivity index (χ1) is 8.17. The Labute approximate surface area is 103 Å². The Morgan fingerprint density at radius 1 is 1.24 bits per heavy atom. The number of hydrogen-bond donors (Lipinski definition) is 1. The molecule has 0 spiro atoms. The van der Waals surface area contributed by atoms with Gasteiger partial charge in [0.15, 0.2) is 0 Å². The molecule has 4 nitrogen and oxygen atoms in total. The number of hydrogen-bond acceptors (Lipinski definition) is 4. The Bertz CT molecular complexity index is 555. The van der Waals surface area contributed by atoms with Crippen LogP contribution in [0.25, 0.3) is 0 Å². The van der Waals surface area contributed by atoms with E-state index < -0.39 is 0 Å². The fourth-order valence-electron chi connectivity index (χ4n) is 1.26. The zero-order valence-electron chi connectivity index (χ0n) is 8.72. The molecular formula is C12H8ClN3O. The number of nitriles is 1. The number of aromatic nitrogens is 1. The molecule has 1 heterocycles. The predicted molar refractivity (Wildman–Crippen MR) is 64.9 cm³/mol. The van der Waals surface area contributed by atoms with E-state index in [9.17, 15) is 0 Å². The van der Waals surface area contributed by atoms with E-state index in [4.69, 9.17) is 27.3 Å². The van der Waals surface area contributed by atoms with Gasteiger partial charge in [-0.3, -0.25) is 0 Å². The Morgan fingerprint density at radius 2 is 1.94 bits per heavy atom. The SMILES string of the molecule is N#Cc1ccc(Oc2cc(N)cc(Cl)n2)cc1. The maximum absolute atomic E-state index is 8.65. The van der Waals surface area contributed by atoms with Crippen LogP contribution < -0.4 is 10.5 Å². The molecule has 0 amide bonds. The molecule has 0 aliphatic heterocycles. The molecule has 5 heteroatoms. The molecule has 2 aromatic rings. The van der Waals surface area contributed by atoms with E-state index in [0.29, 0.717) is 22.9 Å². The maximum atomic E-state index is 8.65. The molecule has 0 aliphatic rings. The van der Waals surface area contributed by atoms with Gasteiger partial charge in [0.2, 0.25) is 5.88 Å². The summed E-state index contributed by atoms with van der Waals surface area (Å²) in [7, 11) is 0. The standard InChI is InChI=1S/C12H8ClN3O/c13-11-5-9(15)6-12(16-11)17-10-3-1-8(7-14)2-4-10/h1-6H,(H2,15,16). The first kappa shape index (κ1) is 11.2. The van der Waals surface area contributed by atoms with Crippen LogP contribution in [0.2, 0.25) is 5.15 Å². The van der Waals surface area contributed by atoms with Gasteiger partial charge in [0.1, 0.15) is 10.9 Å².